The Balaban J connectivity index is 2.03. The van der Waals surface area contributed by atoms with Crippen molar-refractivity contribution in [3.63, 3.8) is 0 Å². The molecule has 0 unspecified atom stereocenters. The molecule has 2 rings (SSSR count). The standard InChI is InChI=1S/C20H21NO5/c1-25-16-10-7-14(8-11-16)13-17(20(23)24)21-19(22)12-9-15-5-3-4-6-18(15)26-2/h3-12,17H,13H2,1-2H3,(H,21,22)(H,23,24)/t17-/m0/s1. The van der Waals surface area contributed by atoms with Gasteiger partial charge in [-0.1, -0.05) is 30.3 Å². The van der Waals surface area contributed by atoms with Crippen LogP contribution in [0.15, 0.2) is 54.6 Å². The van der Waals surface area contributed by atoms with Crippen LogP contribution in [0, 0.1) is 0 Å². The van der Waals surface area contributed by atoms with Crippen LogP contribution in [0.1, 0.15) is 11.1 Å². The van der Waals surface area contributed by atoms with Crippen molar-refractivity contribution < 1.29 is 24.2 Å². The van der Waals surface area contributed by atoms with Crippen LogP contribution in [0.2, 0.25) is 0 Å². The fourth-order valence-corrected chi connectivity index (χ4v) is 2.39. The van der Waals surface area contributed by atoms with Gasteiger partial charge >= 0.3 is 5.97 Å². The number of amides is 1. The highest BCUT2D eigenvalue weighted by molar-refractivity contribution is 5.94. The molecule has 0 fully saturated rings. The van der Waals surface area contributed by atoms with Gasteiger partial charge in [0.15, 0.2) is 0 Å². The summed E-state index contributed by atoms with van der Waals surface area (Å²) >= 11 is 0. The van der Waals surface area contributed by atoms with E-state index in [1.165, 1.54) is 6.08 Å². The zero-order chi connectivity index (χ0) is 18.9. The number of rotatable bonds is 8. The van der Waals surface area contributed by atoms with Crippen LogP contribution in [0.4, 0.5) is 0 Å². The van der Waals surface area contributed by atoms with E-state index in [0.717, 1.165) is 11.1 Å². The molecule has 2 aromatic rings. The number of carbonyl (C=O) groups is 2. The summed E-state index contributed by atoms with van der Waals surface area (Å²) in [6, 6.07) is 13.2. The molecule has 0 aromatic heterocycles. The van der Waals surface area contributed by atoms with Gasteiger partial charge in [-0.05, 0) is 29.8 Å². The van der Waals surface area contributed by atoms with Gasteiger partial charge in [-0.25, -0.2) is 4.79 Å². The lowest BCUT2D eigenvalue weighted by Gasteiger charge is -2.13. The molecule has 0 saturated heterocycles. The molecule has 0 aliphatic rings. The van der Waals surface area contributed by atoms with E-state index in [9.17, 15) is 14.7 Å². The Bertz CT molecular complexity index is 783. The highest BCUT2D eigenvalue weighted by Crippen LogP contribution is 2.18. The van der Waals surface area contributed by atoms with E-state index < -0.39 is 17.9 Å². The molecule has 6 heteroatoms. The van der Waals surface area contributed by atoms with Crippen molar-refractivity contribution in [3.8, 4) is 11.5 Å². The third-order valence-corrected chi connectivity index (χ3v) is 3.77. The highest BCUT2D eigenvalue weighted by atomic mass is 16.5. The van der Waals surface area contributed by atoms with E-state index in [0.29, 0.717) is 11.5 Å². The summed E-state index contributed by atoms with van der Waals surface area (Å²) in [6.45, 7) is 0. The number of carbonyl (C=O) groups excluding carboxylic acids is 1. The average Bonchev–Trinajstić information content (AvgIpc) is 2.66. The van der Waals surface area contributed by atoms with Crippen LogP contribution in [0.3, 0.4) is 0 Å². The van der Waals surface area contributed by atoms with Gasteiger partial charge in [0, 0.05) is 18.1 Å². The quantitative estimate of drug-likeness (QED) is 0.711. The van der Waals surface area contributed by atoms with E-state index in [1.807, 2.05) is 12.1 Å². The van der Waals surface area contributed by atoms with Gasteiger partial charge in [0.25, 0.3) is 0 Å². The Morgan fingerprint density at radius 2 is 1.77 bits per heavy atom. The Kier molecular flexibility index (Phi) is 6.79. The van der Waals surface area contributed by atoms with E-state index in [4.69, 9.17) is 9.47 Å². The number of hydrogen-bond acceptors (Lipinski definition) is 4. The molecular formula is C20H21NO5. The molecule has 1 amide bonds. The molecule has 0 aliphatic heterocycles. The first-order valence-corrected chi connectivity index (χ1v) is 8.01. The largest absolute Gasteiger partial charge is 0.497 e. The summed E-state index contributed by atoms with van der Waals surface area (Å²) in [7, 11) is 3.10. The van der Waals surface area contributed by atoms with Crippen LogP contribution in [-0.2, 0) is 16.0 Å². The first-order valence-electron chi connectivity index (χ1n) is 8.01. The number of para-hydroxylation sites is 1. The lowest BCUT2D eigenvalue weighted by Crippen LogP contribution is -2.41. The summed E-state index contributed by atoms with van der Waals surface area (Å²) in [4.78, 5) is 23.6. The van der Waals surface area contributed by atoms with E-state index >= 15 is 0 Å². The highest BCUT2D eigenvalue weighted by Gasteiger charge is 2.19. The monoisotopic (exact) mass is 355 g/mol. The van der Waals surface area contributed by atoms with Gasteiger partial charge in [0.2, 0.25) is 5.91 Å². The predicted octanol–water partition coefficient (Wildman–Crippen LogP) is 2.53. The zero-order valence-electron chi connectivity index (χ0n) is 14.6. The van der Waals surface area contributed by atoms with Gasteiger partial charge in [0.1, 0.15) is 17.5 Å². The van der Waals surface area contributed by atoms with Gasteiger partial charge in [-0.3, -0.25) is 4.79 Å². The molecule has 0 aliphatic carbocycles. The number of carboxylic acid groups (broad SMARTS) is 1. The van der Waals surface area contributed by atoms with Crippen molar-refractivity contribution in [3.05, 3.63) is 65.7 Å². The van der Waals surface area contributed by atoms with Crippen LogP contribution in [-0.4, -0.2) is 37.2 Å². The summed E-state index contributed by atoms with van der Waals surface area (Å²) in [5.74, 6) is -0.273. The van der Waals surface area contributed by atoms with Crippen LogP contribution in [0.5, 0.6) is 11.5 Å². The second-order valence-electron chi connectivity index (χ2n) is 5.53. The van der Waals surface area contributed by atoms with Crippen molar-refractivity contribution in [1.29, 1.82) is 0 Å². The second-order valence-corrected chi connectivity index (χ2v) is 5.53. The van der Waals surface area contributed by atoms with Crippen molar-refractivity contribution in [2.75, 3.05) is 14.2 Å². The summed E-state index contributed by atoms with van der Waals surface area (Å²) < 4.78 is 10.3. The maximum absolute atomic E-state index is 12.1. The molecule has 0 spiro atoms. The fraction of sp³-hybridized carbons (Fsp3) is 0.200. The van der Waals surface area contributed by atoms with E-state index in [-0.39, 0.29) is 6.42 Å². The molecule has 136 valence electrons. The van der Waals surface area contributed by atoms with Gasteiger partial charge in [-0.15, -0.1) is 0 Å². The lowest BCUT2D eigenvalue weighted by molar-refractivity contribution is -0.141. The van der Waals surface area contributed by atoms with E-state index in [2.05, 4.69) is 5.32 Å². The lowest BCUT2D eigenvalue weighted by atomic mass is 10.1. The maximum atomic E-state index is 12.1. The summed E-state index contributed by atoms with van der Waals surface area (Å²) in [5, 5.41) is 11.9. The molecule has 1 atom stereocenters. The van der Waals surface area contributed by atoms with Crippen molar-refractivity contribution in [2.24, 2.45) is 0 Å². The minimum Gasteiger partial charge on any atom is -0.497 e. The Labute approximate surface area is 152 Å². The summed E-state index contributed by atoms with van der Waals surface area (Å²) in [6.07, 6.45) is 3.05. The third kappa shape index (κ3) is 5.37. The van der Waals surface area contributed by atoms with Crippen molar-refractivity contribution in [2.45, 2.75) is 12.5 Å². The maximum Gasteiger partial charge on any atom is 0.326 e. The van der Waals surface area contributed by atoms with Crippen LogP contribution in [0.25, 0.3) is 6.08 Å². The smallest absolute Gasteiger partial charge is 0.326 e. The molecule has 0 saturated carbocycles. The third-order valence-electron chi connectivity index (χ3n) is 3.77. The number of nitrogens with one attached hydrogen (secondary N) is 1. The number of methoxy groups -OCH3 is 2. The van der Waals surface area contributed by atoms with Gasteiger partial charge < -0.3 is 19.9 Å². The van der Waals surface area contributed by atoms with Gasteiger partial charge in [-0.2, -0.15) is 0 Å². The molecule has 2 aromatic carbocycles. The first-order chi connectivity index (χ1) is 12.5. The number of benzene rings is 2. The normalized spacial score (nSPS) is 11.8. The van der Waals surface area contributed by atoms with Crippen LogP contribution < -0.4 is 14.8 Å². The molecule has 26 heavy (non-hydrogen) atoms. The fourth-order valence-electron chi connectivity index (χ4n) is 2.39. The van der Waals surface area contributed by atoms with Crippen molar-refractivity contribution >= 4 is 18.0 Å². The number of carboxylic acids is 1. The number of aliphatic carboxylic acids is 1. The number of hydrogen-bond donors (Lipinski definition) is 2. The Morgan fingerprint density at radius 1 is 1.08 bits per heavy atom. The Morgan fingerprint density at radius 3 is 2.38 bits per heavy atom. The molecule has 0 radical (unpaired) electrons. The van der Waals surface area contributed by atoms with Gasteiger partial charge in [0.05, 0.1) is 14.2 Å². The molecular weight excluding hydrogens is 334 g/mol. The Hall–Kier alpha value is -3.28. The minimum atomic E-state index is -1.10. The first kappa shape index (κ1) is 19.1. The minimum absolute atomic E-state index is 0.174. The van der Waals surface area contributed by atoms with E-state index in [1.54, 1.807) is 56.7 Å². The SMILES string of the molecule is COc1ccc(C[C@H](NC(=O)C=Cc2ccccc2OC)C(=O)O)cc1. The molecule has 0 bridgehead atoms. The summed E-state index contributed by atoms with van der Waals surface area (Å²) in [5.41, 5.74) is 1.51. The van der Waals surface area contributed by atoms with Crippen molar-refractivity contribution in [1.82, 2.24) is 5.32 Å². The number of ether oxygens (including phenoxy) is 2. The average molecular weight is 355 g/mol. The predicted molar refractivity (Wildman–Crippen MR) is 98.3 cm³/mol. The topological polar surface area (TPSA) is 84.9 Å². The van der Waals surface area contributed by atoms with Crippen LogP contribution >= 0.6 is 0 Å². The molecule has 6 nitrogen and oxygen atoms in total. The second kappa shape index (κ2) is 9.27. The zero-order valence-corrected chi connectivity index (χ0v) is 14.6. The molecule has 0 heterocycles. The molecule has 2 N–H and O–H groups in total.